The third-order valence-electron chi connectivity index (χ3n) is 1.89. The van der Waals surface area contributed by atoms with E-state index in [0.29, 0.717) is 18.7 Å². The summed E-state index contributed by atoms with van der Waals surface area (Å²) in [5, 5.41) is 12.1. The molecule has 0 atom stereocenters. The minimum Gasteiger partial charge on any atom is -0.396 e. The van der Waals surface area contributed by atoms with Crippen molar-refractivity contribution < 1.29 is 9.50 Å². The van der Waals surface area contributed by atoms with E-state index in [1.54, 1.807) is 0 Å². The molecule has 2 nitrogen and oxygen atoms in total. The zero-order valence-corrected chi connectivity index (χ0v) is 9.58. The van der Waals surface area contributed by atoms with Gasteiger partial charge in [0.2, 0.25) is 0 Å². The average molecular weight is 252 g/mol. The van der Waals surface area contributed by atoms with Crippen LogP contribution in [0.4, 0.5) is 10.1 Å². The molecule has 0 radical (unpaired) electrons. The Hall–Kier alpha value is -0.510. The molecular weight excluding hydrogens is 240 g/mol. The Morgan fingerprint density at radius 2 is 1.80 bits per heavy atom. The highest BCUT2D eigenvalue weighted by Gasteiger charge is 2.07. The molecule has 0 fully saturated rings. The minimum atomic E-state index is -0.453. The third-order valence-corrected chi connectivity index (χ3v) is 2.49. The lowest BCUT2D eigenvalue weighted by molar-refractivity contribution is 0.286. The number of hydrogen-bond acceptors (Lipinski definition) is 2. The summed E-state index contributed by atoms with van der Waals surface area (Å²) in [5.41, 5.74) is 0.540. The molecule has 2 N–H and O–H groups in total. The summed E-state index contributed by atoms with van der Waals surface area (Å²) in [5.74, 6) is -0.453. The van der Waals surface area contributed by atoms with Crippen LogP contribution in [0, 0.1) is 5.82 Å². The number of aliphatic hydroxyl groups is 1. The normalized spacial score (nSPS) is 10.4. The van der Waals surface area contributed by atoms with Crippen LogP contribution in [0.3, 0.4) is 0 Å². The second-order valence-corrected chi connectivity index (χ2v) is 3.92. The van der Waals surface area contributed by atoms with Gasteiger partial charge in [0, 0.05) is 13.2 Å². The number of aliphatic hydroxyl groups excluding tert-OH is 1. The average Bonchev–Trinajstić information content (AvgIpc) is 2.15. The van der Waals surface area contributed by atoms with Crippen LogP contribution in [0.15, 0.2) is 12.1 Å². The maximum atomic E-state index is 12.8. The Morgan fingerprint density at radius 3 is 2.33 bits per heavy atom. The van der Waals surface area contributed by atoms with E-state index >= 15 is 0 Å². The molecule has 0 aliphatic rings. The number of unbranched alkanes of at least 4 members (excludes halogenated alkanes) is 1. The smallest absolute Gasteiger partial charge is 0.126 e. The topological polar surface area (TPSA) is 32.3 Å². The first-order valence-electron chi connectivity index (χ1n) is 4.64. The predicted molar refractivity (Wildman–Crippen MR) is 61.2 cm³/mol. The van der Waals surface area contributed by atoms with Gasteiger partial charge in [0.15, 0.2) is 0 Å². The van der Waals surface area contributed by atoms with E-state index in [4.69, 9.17) is 28.3 Å². The number of anilines is 1. The second kappa shape index (κ2) is 6.16. The van der Waals surface area contributed by atoms with Crippen molar-refractivity contribution in [2.75, 3.05) is 18.5 Å². The van der Waals surface area contributed by atoms with E-state index in [1.165, 1.54) is 12.1 Å². The molecule has 0 aliphatic carbocycles. The summed E-state index contributed by atoms with van der Waals surface area (Å²) in [6, 6.07) is 2.42. The molecule has 15 heavy (non-hydrogen) atoms. The molecule has 0 saturated heterocycles. The van der Waals surface area contributed by atoms with Gasteiger partial charge in [0.25, 0.3) is 0 Å². The van der Waals surface area contributed by atoms with Gasteiger partial charge in [-0.15, -0.1) is 0 Å². The third kappa shape index (κ3) is 3.86. The maximum absolute atomic E-state index is 12.8. The molecule has 84 valence electrons. The SMILES string of the molecule is OCCCCNc1c(Cl)cc(F)cc1Cl. The molecule has 0 saturated carbocycles. The van der Waals surface area contributed by atoms with E-state index in [0.717, 1.165) is 6.42 Å². The Labute approximate surface area is 98.0 Å². The van der Waals surface area contributed by atoms with Crippen molar-refractivity contribution >= 4 is 28.9 Å². The molecule has 1 aromatic carbocycles. The van der Waals surface area contributed by atoms with E-state index in [9.17, 15) is 4.39 Å². The Kier molecular flexibility index (Phi) is 5.15. The summed E-state index contributed by atoms with van der Waals surface area (Å²) < 4.78 is 12.8. The first kappa shape index (κ1) is 12.6. The fourth-order valence-electron chi connectivity index (χ4n) is 1.16. The molecule has 0 amide bonds. The lowest BCUT2D eigenvalue weighted by Gasteiger charge is -2.09. The molecule has 0 unspecified atom stereocenters. The number of rotatable bonds is 5. The first-order chi connectivity index (χ1) is 7.15. The first-order valence-corrected chi connectivity index (χ1v) is 5.40. The summed E-state index contributed by atoms with van der Waals surface area (Å²) >= 11 is 11.6. The minimum absolute atomic E-state index is 0.159. The summed E-state index contributed by atoms with van der Waals surface area (Å²) in [6.07, 6.45) is 1.52. The van der Waals surface area contributed by atoms with Gasteiger partial charge in [-0.2, -0.15) is 0 Å². The van der Waals surface area contributed by atoms with Crippen LogP contribution in [0.1, 0.15) is 12.8 Å². The molecule has 0 aliphatic heterocycles. The van der Waals surface area contributed by atoms with Crippen LogP contribution in [0.25, 0.3) is 0 Å². The maximum Gasteiger partial charge on any atom is 0.126 e. The monoisotopic (exact) mass is 251 g/mol. The van der Waals surface area contributed by atoms with Gasteiger partial charge in [-0.05, 0) is 25.0 Å². The lowest BCUT2D eigenvalue weighted by atomic mass is 10.2. The highest BCUT2D eigenvalue weighted by atomic mass is 35.5. The quantitative estimate of drug-likeness (QED) is 0.788. The van der Waals surface area contributed by atoms with Crippen LogP contribution in [-0.2, 0) is 0 Å². The van der Waals surface area contributed by atoms with Crippen molar-refractivity contribution in [3.8, 4) is 0 Å². The van der Waals surface area contributed by atoms with Gasteiger partial charge in [0.05, 0.1) is 15.7 Å². The molecule has 0 spiro atoms. The number of halogens is 3. The van der Waals surface area contributed by atoms with E-state index in [2.05, 4.69) is 5.32 Å². The predicted octanol–water partition coefficient (Wildman–Crippen LogP) is 3.32. The van der Waals surface area contributed by atoms with Crippen LogP contribution in [-0.4, -0.2) is 18.3 Å². The zero-order chi connectivity index (χ0) is 11.3. The van der Waals surface area contributed by atoms with Crippen molar-refractivity contribution in [2.24, 2.45) is 0 Å². The largest absolute Gasteiger partial charge is 0.396 e. The lowest BCUT2D eigenvalue weighted by Crippen LogP contribution is -2.03. The van der Waals surface area contributed by atoms with Gasteiger partial charge < -0.3 is 10.4 Å². The highest BCUT2D eigenvalue weighted by molar-refractivity contribution is 6.39. The second-order valence-electron chi connectivity index (χ2n) is 3.10. The number of benzene rings is 1. The van der Waals surface area contributed by atoms with E-state index in [1.807, 2.05) is 0 Å². The van der Waals surface area contributed by atoms with Crippen LogP contribution < -0.4 is 5.32 Å². The molecule has 1 rings (SSSR count). The van der Waals surface area contributed by atoms with Crippen LogP contribution >= 0.6 is 23.2 Å². The van der Waals surface area contributed by atoms with E-state index in [-0.39, 0.29) is 16.7 Å². The zero-order valence-electron chi connectivity index (χ0n) is 8.06. The number of hydrogen-bond donors (Lipinski definition) is 2. The Balaban J connectivity index is 2.60. The molecular formula is C10H12Cl2FNO. The van der Waals surface area contributed by atoms with Crippen molar-refractivity contribution in [3.05, 3.63) is 28.0 Å². The van der Waals surface area contributed by atoms with Crippen LogP contribution in [0.5, 0.6) is 0 Å². The Bertz CT molecular complexity index is 310. The van der Waals surface area contributed by atoms with Gasteiger partial charge >= 0.3 is 0 Å². The fraction of sp³-hybridized carbons (Fsp3) is 0.400. The van der Waals surface area contributed by atoms with Gasteiger partial charge in [0.1, 0.15) is 5.82 Å². The summed E-state index contributed by atoms with van der Waals surface area (Å²) in [4.78, 5) is 0. The summed E-state index contributed by atoms with van der Waals surface area (Å²) in [7, 11) is 0. The van der Waals surface area contributed by atoms with E-state index < -0.39 is 5.82 Å². The fourth-order valence-corrected chi connectivity index (χ4v) is 1.76. The summed E-state index contributed by atoms with van der Waals surface area (Å²) in [6.45, 7) is 0.804. The molecule has 0 aromatic heterocycles. The van der Waals surface area contributed by atoms with Crippen molar-refractivity contribution in [2.45, 2.75) is 12.8 Å². The molecule has 0 bridgehead atoms. The van der Waals surface area contributed by atoms with Gasteiger partial charge in [-0.3, -0.25) is 0 Å². The molecule has 5 heteroatoms. The number of nitrogens with one attached hydrogen (secondary N) is 1. The van der Waals surface area contributed by atoms with Gasteiger partial charge in [-0.1, -0.05) is 23.2 Å². The van der Waals surface area contributed by atoms with Crippen molar-refractivity contribution in [3.63, 3.8) is 0 Å². The molecule has 1 aromatic rings. The van der Waals surface area contributed by atoms with Crippen molar-refractivity contribution in [1.29, 1.82) is 0 Å². The van der Waals surface area contributed by atoms with Crippen molar-refractivity contribution in [1.82, 2.24) is 0 Å². The highest BCUT2D eigenvalue weighted by Crippen LogP contribution is 2.31. The van der Waals surface area contributed by atoms with Crippen LogP contribution in [0.2, 0.25) is 10.0 Å². The van der Waals surface area contributed by atoms with Gasteiger partial charge in [-0.25, -0.2) is 4.39 Å². The molecule has 0 heterocycles. The Morgan fingerprint density at radius 1 is 1.20 bits per heavy atom. The standard InChI is InChI=1S/C10H12Cl2FNO/c11-8-5-7(13)6-9(12)10(8)14-3-1-2-4-15/h5-6,14-15H,1-4H2.